The highest BCUT2D eigenvalue weighted by molar-refractivity contribution is 5.81. The van der Waals surface area contributed by atoms with Gasteiger partial charge < -0.3 is 15.5 Å². The van der Waals surface area contributed by atoms with Crippen LogP contribution in [0.15, 0.2) is 0 Å². The fraction of sp³-hybridized carbons (Fsp3) is 0.857. The van der Waals surface area contributed by atoms with Crippen LogP contribution in [0, 0.1) is 0 Å². The molecule has 2 amide bonds. The van der Waals surface area contributed by atoms with Crippen LogP contribution in [-0.2, 0) is 9.59 Å². The van der Waals surface area contributed by atoms with Gasteiger partial charge in [-0.25, -0.2) is 0 Å². The van der Waals surface area contributed by atoms with Crippen LogP contribution in [0.3, 0.4) is 0 Å². The van der Waals surface area contributed by atoms with E-state index in [1.807, 2.05) is 23.6 Å². The molecule has 1 heterocycles. The molecule has 1 saturated heterocycles. The molecule has 1 rings (SSSR count). The van der Waals surface area contributed by atoms with Gasteiger partial charge in [-0.15, -0.1) is 0 Å². The van der Waals surface area contributed by atoms with E-state index in [2.05, 4.69) is 0 Å². The van der Waals surface area contributed by atoms with Crippen LogP contribution in [0.4, 0.5) is 0 Å². The second kappa shape index (κ2) is 6.89. The number of piperidine rings is 1. The second-order valence-electron chi connectivity index (χ2n) is 5.74. The van der Waals surface area contributed by atoms with Gasteiger partial charge in [0.2, 0.25) is 11.8 Å². The van der Waals surface area contributed by atoms with Crippen molar-refractivity contribution >= 4 is 11.8 Å². The van der Waals surface area contributed by atoms with Crippen molar-refractivity contribution in [1.29, 1.82) is 0 Å². The molecule has 0 aliphatic carbocycles. The van der Waals surface area contributed by atoms with Gasteiger partial charge in [0.05, 0.1) is 6.04 Å². The Kier molecular flexibility index (Phi) is 5.79. The third kappa shape index (κ3) is 4.20. The number of amides is 2. The number of carbonyl (C=O) groups excluding carboxylic acids is 2. The third-order valence-corrected chi connectivity index (χ3v) is 3.74. The number of nitrogens with zero attached hydrogens (tertiary/aromatic N) is 2. The summed E-state index contributed by atoms with van der Waals surface area (Å²) in [5, 5.41) is 0. The molecule has 5 heteroatoms. The molecule has 2 N–H and O–H groups in total. The number of likely N-dealkylation sites (tertiary alicyclic amines) is 1. The molecule has 0 aromatic rings. The van der Waals surface area contributed by atoms with Gasteiger partial charge in [0, 0.05) is 32.1 Å². The van der Waals surface area contributed by atoms with E-state index in [0.29, 0.717) is 6.54 Å². The third-order valence-electron chi connectivity index (χ3n) is 3.74. The van der Waals surface area contributed by atoms with E-state index < -0.39 is 6.04 Å². The van der Waals surface area contributed by atoms with E-state index >= 15 is 0 Å². The molecule has 1 aliphatic heterocycles. The topological polar surface area (TPSA) is 66.6 Å². The fourth-order valence-corrected chi connectivity index (χ4v) is 2.67. The van der Waals surface area contributed by atoms with Gasteiger partial charge in [-0.05, 0) is 40.0 Å². The van der Waals surface area contributed by atoms with E-state index in [4.69, 9.17) is 5.73 Å². The minimum Gasteiger partial charge on any atom is -0.338 e. The smallest absolute Gasteiger partial charge is 0.239 e. The van der Waals surface area contributed by atoms with E-state index in [1.54, 1.807) is 13.8 Å². The van der Waals surface area contributed by atoms with Crippen molar-refractivity contribution in [2.75, 3.05) is 13.1 Å². The first-order chi connectivity index (χ1) is 8.84. The van der Waals surface area contributed by atoms with Crippen molar-refractivity contribution in [1.82, 2.24) is 9.80 Å². The Morgan fingerprint density at radius 1 is 1.32 bits per heavy atom. The standard InChI is InChI=1S/C14H27N3O2/c1-10(2)17(12(4)18)9-13-7-5-6-8-16(13)14(19)11(3)15/h10-11,13H,5-9,15H2,1-4H3/t11-,13-/m0/s1. The zero-order valence-electron chi connectivity index (χ0n) is 12.6. The number of hydrogen-bond acceptors (Lipinski definition) is 3. The number of nitrogens with two attached hydrogens (primary N) is 1. The Bertz CT molecular complexity index is 329. The van der Waals surface area contributed by atoms with Crippen LogP contribution in [-0.4, -0.2) is 52.8 Å². The number of hydrogen-bond donors (Lipinski definition) is 1. The summed E-state index contributed by atoms with van der Waals surface area (Å²) in [6.07, 6.45) is 3.09. The average molecular weight is 269 g/mol. The minimum absolute atomic E-state index is 0.00282. The van der Waals surface area contributed by atoms with Gasteiger partial charge in [-0.1, -0.05) is 0 Å². The lowest BCUT2D eigenvalue weighted by Crippen LogP contribution is -2.54. The predicted molar refractivity (Wildman–Crippen MR) is 75.5 cm³/mol. The number of carbonyl (C=O) groups is 2. The second-order valence-corrected chi connectivity index (χ2v) is 5.74. The summed E-state index contributed by atoms with van der Waals surface area (Å²) >= 11 is 0. The molecule has 1 aliphatic rings. The van der Waals surface area contributed by atoms with Crippen molar-refractivity contribution in [3.05, 3.63) is 0 Å². The summed E-state index contributed by atoms with van der Waals surface area (Å²) in [5.74, 6) is 0.0609. The Balaban J connectivity index is 2.77. The van der Waals surface area contributed by atoms with Crippen molar-refractivity contribution in [3.8, 4) is 0 Å². The van der Waals surface area contributed by atoms with Crippen molar-refractivity contribution < 1.29 is 9.59 Å². The highest BCUT2D eigenvalue weighted by Gasteiger charge is 2.30. The summed E-state index contributed by atoms with van der Waals surface area (Å²) in [6.45, 7) is 8.68. The number of rotatable bonds is 4. The summed E-state index contributed by atoms with van der Waals surface area (Å²) in [7, 11) is 0. The van der Waals surface area contributed by atoms with Gasteiger partial charge >= 0.3 is 0 Å². The van der Waals surface area contributed by atoms with Crippen LogP contribution in [0.2, 0.25) is 0 Å². The van der Waals surface area contributed by atoms with Gasteiger partial charge in [0.15, 0.2) is 0 Å². The SMILES string of the molecule is CC(=O)N(C[C@@H]1CCCCN1C(=O)[C@H](C)N)C(C)C. The fourth-order valence-electron chi connectivity index (χ4n) is 2.67. The molecular formula is C14H27N3O2. The summed E-state index contributed by atoms with van der Waals surface area (Å²) in [6, 6.07) is -0.198. The molecule has 0 radical (unpaired) electrons. The lowest BCUT2D eigenvalue weighted by molar-refractivity contribution is -0.139. The highest BCUT2D eigenvalue weighted by atomic mass is 16.2. The molecule has 0 aromatic carbocycles. The molecule has 19 heavy (non-hydrogen) atoms. The van der Waals surface area contributed by atoms with Crippen LogP contribution >= 0.6 is 0 Å². The van der Waals surface area contributed by atoms with Crippen LogP contribution in [0.25, 0.3) is 0 Å². The molecule has 2 atom stereocenters. The highest BCUT2D eigenvalue weighted by Crippen LogP contribution is 2.19. The first-order valence-electron chi connectivity index (χ1n) is 7.17. The Morgan fingerprint density at radius 3 is 2.42 bits per heavy atom. The Morgan fingerprint density at radius 2 is 1.95 bits per heavy atom. The lowest BCUT2D eigenvalue weighted by Gasteiger charge is -2.40. The van der Waals surface area contributed by atoms with Gasteiger partial charge in [-0.2, -0.15) is 0 Å². The van der Waals surface area contributed by atoms with E-state index in [1.165, 1.54) is 0 Å². The van der Waals surface area contributed by atoms with Crippen molar-refractivity contribution in [3.63, 3.8) is 0 Å². The summed E-state index contributed by atoms with van der Waals surface area (Å²) < 4.78 is 0. The largest absolute Gasteiger partial charge is 0.338 e. The maximum Gasteiger partial charge on any atom is 0.239 e. The van der Waals surface area contributed by atoms with E-state index in [-0.39, 0.29) is 23.9 Å². The summed E-state index contributed by atoms with van der Waals surface area (Å²) in [4.78, 5) is 27.5. The first kappa shape index (κ1) is 16.0. The first-order valence-corrected chi connectivity index (χ1v) is 7.17. The molecule has 0 aromatic heterocycles. The molecule has 0 spiro atoms. The lowest BCUT2D eigenvalue weighted by atomic mass is 10.00. The Labute approximate surface area is 116 Å². The molecule has 0 bridgehead atoms. The van der Waals surface area contributed by atoms with E-state index in [9.17, 15) is 9.59 Å². The Hall–Kier alpha value is -1.10. The van der Waals surface area contributed by atoms with E-state index in [0.717, 1.165) is 25.8 Å². The molecule has 0 unspecified atom stereocenters. The van der Waals surface area contributed by atoms with Crippen LogP contribution in [0.5, 0.6) is 0 Å². The normalized spacial score (nSPS) is 21.4. The average Bonchev–Trinajstić information content (AvgIpc) is 2.34. The van der Waals surface area contributed by atoms with Crippen LogP contribution < -0.4 is 5.73 Å². The monoisotopic (exact) mass is 269 g/mol. The van der Waals surface area contributed by atoms with Crippen LogP contribution in [0.1, 0.15) is 47.0 Å². The van der Waals surface area contributed by atoms with Gasteiger partial charge in [0.1, 0.15) is 0 Å². The van der Waals surface area contributed by atoms with Crippen molar-refractivity contribution in [2.45, 2.75) is 65.1 Å². The minimum atomic E-state index is -0.467. The molecule has 1 fully saturated rings. The summed E-state index contributed by atoms with van der Waals surface area (Å²) in [5.41, 5.74) is 5.71. The van der Waals surface area contributed by atoms with Gasteiger partial charge in [0.25, 0.3) is 0 Å². The molecular weight excluding hydrogens is 242 g/mol. The van der Waals surface area contributed by atoms with Gasteiger partial charge in [-0.3, -0.25) is 9.59 Å². The predicted octanol–water partition coefficient (Wildman–Crippen LogP) is 0.972. The maximum atomic E-state index is 12.1. The zero-order valence-corrected chi connectivity index (χ0v) is 12.6. The molecule has 5 nitrogen and oxygen atoms in total. The maximum absolute atomic E-state index is 12.1. The molecule has 0 saturated carbocycles. The quantitative estimate of drug-likeness (QED) is 0.827. The molecule has 110 valence electrons. The zero-order chi connectivity index (χ0) is 14.6. The van der Waals surface area contributed by atoms with Crippen molar-refractivity contribution in [2.24, 2.45) is 5.73 Å².